The molecule has 0 fully saturated rings. The first-order chi connectivity index (χ1) is 23.1. The van der Waals surface area contributed by atoms with E-state index in [9.17, 15) is 19.2 Å². The molecule has 0 aliphatic heterocycles. The maximum absolute atomic E-state index is 13.9. The fourth-order valence-electron chi connectivity index (χ4n) is 5.83. The number of fused-ring (bicyclic) bond motifs is 3. The van der Waals surface area contributed by atoms with Crippen LogP contribution in [0.2, 0.25) is 0 Å². The minimum Gasteiger partial charge on any atom is -0.495 e. The smallest absolute Gasteiger partial charge is 0.251 e. The number of methoxy groups -OCH3 is 4. The average molecular weight is 679 g/mol. The Morgan fingerprint density at radius 3 is 2.27 bits per heavy atom. The van der Waals surface area contributed by atoms with Crippen LogP contribution in [0.25, 0.3) is 11.1 Å². The van der Waals surface area contributed by atoms with E-state index in [2.05, 4.69) is 21.3 Å². The third-order valence-electron chi connectivity index (χ3n) is 8.12. The topological polar surface area (TPSA) is 153 Å². The van der Waals surface area contributed by atoms with Gasteiger partial charge in [0.05, 0.1) is 45.9 Å². The summed E-state index contributed by atoms with van der Waals surface area (Å²) in [6.45, 7) is 1.44. The van der Waals surface area contributed by atoms with Crippen molar-refractivity contribution in [1.82, 2.24) is 10.6 Å². The second kappa shape index (κ2) is 16.3. The number of hydrogen-bond donors (Lipinski definition) is 4. The van der Waals surface area contributed by atoms with Crippen molar-refractivity contribution in [3.63, 3.8) is 0 Å². The summed E-state index contributed by atoms with van der Waals surface area (Å²) in [7, 11) is 7.61. The van der Waals surface area contributed by atoms with Gasteiger partial charge in [0.25, 0.3) is 5.91 Å². The molecular weight excluding hydrogens is 636 g/mol. The monoisotopic (exact) mass is 678 g/mol. The molecule has 3 amide bonds. The van der Waals surface area contributed by atoms with Gasteiger partial charge in [-0.3, -0.25) is 19.2 Å². The molecule has 1 aliphatic rings. The molecule has 0 heterocycles. The van der Waals surface area contributed by atoms with E-state index in [0.29, 0.717) is 70.4 Å². The molecule has 0 spiro atoms. The molecule has 3 aromatic carbocycles. The van der Waals surface area contributed by atoms with Crippen LogP contribution in [-0.2, 0) is 16.0 Å². The Morgan fingerprint density at radius 1 is 0.917 bits per heavy atom. The molecule has 0 radical (unpaired) electrons. The second-order valence-electron chi connectivity index (χ2n) is 11.1. The number of nitrogens with one attached hydrogen (secondary N) is 4. The van der Waals surface area contributed by atoms with Gasteiger partial charge in [-0.25, -0.2) is 0 Å². The lowest BCUT2D eigenvalue weighted by molar-refractivity contribution is -0.120. The molecule has 1 aliphatic carbocycles. The van der Waals surface area contributed by atoms with Gasteiger partial charge in [0, 0.05) is 25.1 Å². The molecule has 4 rings (SSSR count). The number of carbonyl (C=O) groups is 3. The lowest BCUT2D eigenvalue weighted by Gasteiger charge is -2.20. The Hall–Kier alpha value is -4.91. The van der Waals surface area contributed by atoms with E-state index in [1.165, 1.54) is 47.4 Å². The maximum atomic E-state index is 13.9. The standard InChI is InChI=1S/C35H42N4O8S/c1-19(40)37-24-11-8-20-17-30(45-4)32(46-5)33(47-6)31(20)22-10-12-25(28(41)18-23(22)24)38-26(14-15-48-7)35(43)39-27-16-21(34(42)36-2)9-13-29(27)44-3/h9-10,12-13,16-18,24,26H,8,11,14-15H2,1-7H3,(H,36,42)(H,37,40)(H,38,41)(H,39,43)/t24-,26-/m0/s1. The van der Waals surface area contributed by atoms with Crippen LogP contribution in [0.5, 0.6) is 23.0 Å². The van der Waals surface area contributed by atoms with Gasteiger partial charge in [-0.05, 0) is 84.4 Å². The highest BCUT2D eigenvalue weighted by molar-refractivity contribution is 7.98. The molecule has 0 aromatic heterocycles. The van der Waals surface area contributed by atoms with Crippen LogP contribution in [0.15, 0.2) is 47.3 Å². The average Bonchev–Trinajstić information content (AvgIpc) is 3.32. The third kappa shape index (κ3) is 7.79. The Kier molecular flexibility index (Phi) is 12.2. The van der Waals surface area contributed by atoms with E-state index in [4.69, 9.17) is 18.9 Å². The summed E-state index contributed by atoms with van der Waals surface area (Å²) in [6, 6.07) is 10.3. The first kappa shape index (κ1) is 35.9. The predicted octanol–water partition coefficient (Wildman–Crippen LogP) is 4.40. The molecule has 12 nitrogen and oxygen atoms in total. The molecule has 0 saturated carbocycles. The van der Waals surface area contributed by atoms with E-state index in [1.54, 1.807) is 43.1 Å². The van der Waals surface area contributed by atoms with Crippen molar-refractivity contribution < 1.29 is 33.3 Å². The zero-order chi connectivity index (χ0) is 35.0. The van der Waals surface area contributed by atoms with Crippen molar-refractivity contribution in [2.24, 2.45) is 0 Å². The minimum absolute atomic E-state index is 0.193. The summed E-state index contributed by atoms with van der Waals surface area (Å²) in [5.41, 5.74) is 3.39. The number of rotatable bonds is 13. The van der Waals surface area contributed by atoms with Crippen LogP contribution in [-0.4, -0.2) is 71.3 Å². The predicted molar refractivity (Wildman–Crippen MR) is 188 cm³/mol. The van der Waals surface area contributed by atoms with Crippen LogP contribution in [0.3, 0.4) is 0 Å². The maximum Gasteiger partial charge on any atom is 0.251 e. The summed E-state index contributed by atoms with van der Waals surface area (Å²) in [4.78, 5) is 52.3. The van der Waals surface area contributed by atoms with Gasteiger partial charge in [-0.2, -0.15) is 11.8 Å². The van der Waals surface area contributed by atoms with Crippen molar-refractivity contribution in [3.05, 3.63) is 69.4 Å². The molecule has 3 aromatic rings. The van der Waals surface area contributed by atoms with E-state index >= 15 is 0 Å². The molecule has 2 atom stereocenters. The number of thioether (sulfide) groups is 1. The number of ether oxygens (including phenoxy) is 4. The van der Waals surface area contributed by atoms with Gasteiger partial charge in [-0.1, -0.05) is 6.07 Å². The largest absolute Gasteiger partial charge is 0.495 e. The normalized spacial score (nSPS) is 13.9. The third-order valence-corrected chi connectivity index (χ3v) is 8.76. The van der Waals surface area contributed by atoms with Crippen molar-refractivity contribution >= 4 is 40.9 Å². The quantitative estimate of drug-likeness (QED) is 0.205. The highest BCUT2D eigenvalue weighted by Gasteiger charge is 2.30. The zero-order valence-electron chi connectivity index (χ0n) is 28.2. The summed E-state index contributed by atoms with van der Waals surface area (Å²) in [6.07, 6.45) is 3.40. The number of aryl methyl sites for hydroxylation is 1. The van der Waals surface area contributed by atoms with Crippen LogP contribution in [0.1, 0.15) is 47.3 Å². The Morgan fingerprint density at radius 2 is 1.65 bits per heavy atom. The van der Waals surface area contributed by atoms with Crippen molar-refractivity contribution in [3.8, 4) is 34.1 Å². The van der Waals surface area contributed by atoms with Gasteiger partial charge >= 0.3 is 0 Å². The number of carbonyl (C=O) groups excluding carboxylic acids is 3. The summed E-state index contributed by atoms with van der Waals surface area (Å²) < 4.78 is 22.6. The second-order valence-corrected chi connectivity index (χ2v) is 12.0. The van der Waals surface area contributed by atoms with Gasteiger partial charge in [0.2, 0.25) is 23.0 Å². The van der Waals surface area contributed by atoms with Crippen molar-refractivity contribution in [2.45, 2.75) is 38.3 Å². The highest BCUT2D eigenvalue weighted by atomic mass is 32.2. The van der Waals surface area contributed by atoms with Crippen LogP contribution >= 0.6 is 11.8 Å². The number of amides is 3. The first-order valence-corrected chi connectivity index (χ1v) is 16.7. The van der Waals surface area contributed by atoms with Crippen LogP contribution < -0.4 is 45.6 Å². The highest BCUT2D eigenvalue weighted by Crippen LogP contribution is 2.50. The van der Waals surface area contributed by atoms with Crippen molar-refractivity contribution in [1.29, 1.82) is 0 Å². The van der Waals surface area contributed by atoms with Crippen LogP contribution in [0.4, 0.5) is 11.4 Å². The Balaban J connectivity index is 1.82. The molecule has 0 bridgehead atoms. The molecule has 4 N–H and O–H groups in total. The number of hydrogen-bond acceptors (Lipinski definition) is 10. The van der Waals surface area contributed by atoms with E-state index in [1.807, 2.05) is 12.3 Å². The van der Waals surface area contributed by atoms with E-state index in [0.717, 1.165) is 11.1 Å². The fraction of sp³-hybridized carbons (Fsp3) is 0.371. The SMILES string of the molecule is CNC(=O)c1ccc(OC)c(NC(=O)[C@H](CCSC)Nc2ccc3c(cc2=O)[C@@H](NC(C)=O)CCc2cc(OC)c(OC)c(OC)c2-3)c1. The molecule has 48 heavy (non-hydrogen) atoms. The van der Waals surface area contributed by atoms with Gasteiger partial charge in [0.1, 0.15) is 11.8 Å². The lowest BCUT2D eigenvalue weighted by atomic mass is 9.95. The molecule has 13 heteroatoms. The number of benzene rings is 2. The molecule has 256 valence electrons. The Bertz CT molecular complexity index is 1750. The first-order valence-electron chi connectivity index (χ1n) is 15.3. The minimum atomic E-state index is -0.821. The number of anilines is 2. The van der Waals surface area contributed by atoms with Gasteiger partial charge < -0.3 is 40.2 Å². The fourth-order valence-corrected chi connectivity index (χ4v) is 6.30. The van der Waals surface area contributed by atoms with Gasteiger partial charge in [0.15, 0.2) is 11.5 Å². The molecule has 0 unspecified atom stereocenters. The Labute approximate surface area is 284 Å². The van der Waals surface area contributed by atoms with E-state index in [-0.39, 0.29) is 22.9 Å². The summed E-state index contributed by atoms with van der Waals surface area (Å²) in [5.74, 6) is 1.38. The summed E-state index contributed by atoms with van der Waals surface area (Å²) >= 11 is 1.56. The van der Waals surface area contributed by atoms with E-state index < -0.39 is 18.0 Å². The van der Waals surface area contributed by atoms with Crippen LogP contribution in [0, 0.1) is 0 Å². The lowest BCUT2D eigenvalue weighted by Crippen LogP contribution is -2.36. The molecular formula is C35H42N4O8S. The van der Waals surface area contributed by atoms with Gasteiger partial charge in [-0.15, -0.1) is 0 Å². The summed E-state index contributed by atoms with van der Waals surface area (Å²) in [5, 5.41) is 11.6. The molecule has 0 saturated heterocycles. The van der Waals surface area contributed by atoms with Crippen molar-refractivity contribution in [2.75, 3.05) is 58.1 Å². The zero-order valence-corrected chi connectivity index (χ0v) is 29.0.